The Labute approximate surface area is 151 Å². The van der Waals surface area contributed by atoms with Gasteiger partial charge in [-0.1, -0.05) is 35.3 Å². The van der Waals surface area contributed by atoms with Crippen LogP contribution in [0.3, 0.4) is 0 Å². The average Bonchev–Trinajstić information content (AvgIpc) is 2.87. The number of halogens is 2. The molecule has 0 unspecified atom stereocenters. The molecule has 24 heavy (non-hydrogen) atoms. The first-order valence-electron chi connectivity index (χ1n) is 7.21. The van der Waals surface area contributed by atoms with E-state index < -0.39 is 9.84 Å². The topological polar surface area (TPSA) is 39.1 Å². The van der Waals surface area contributed by atoms with Crippen LogP contribution < -0.4 is 0 Å². The predicted molar refractivity (Wildman–Crippen MR) is 99.1 cm³/mol. The molecular formula is C18H15Cl2NO2S. The molecule has 2 aromatic carbocycles. The minimum Gasteiger partial charge on any atom is -0.314 e. The van der Waals surface area contributed by atoms with Gasteiger partial charge in [-0.15, -0.1) is 0 Å². The molecule has 0 aliphatic rings. The van der Waals surface area contributed by atoms with Crippen molar-refractivity contribution in [3.63, 3.8) is 0 Å². The molecule has 1 aromatic heterocycles. The lowest BCUT2D eigenvalue weighted by molar-refractivity contribution is 0.602. The molecule has 0 radical (unpaired) electrons. The minimum absolute atomic E-state index is 0.298. The molecule has 124 valence electrons. The molecule has 0 atom stereocenters. The summed E-state index contributed by atoms with van der Waals surface area (Å²) in [5.74, 6) is 0. The second-order valence-corrected chi connectivity index (χ2v) is 8.51. The molecule has 0 fully saturated rings. The van der Waals surface area contributed by atoms with E-state index in [4.69, 9.17) is 23.2 Å². The summed E-state index contributed by atoms with van der Waals surface area (Å²) in [7, 11) is -3.21. The van der Waals surface area contributed by atoms with Crippen molar-refractivity contribution in [3.8, 4) is 16.9 Å². The summed E-state index contributed by atoms with van der Waals surface area (Å²) in [6.45, 7) is 1.99. The zero-order valence-electron chi connectivity index (χ0n) is 13.1. The zero-order chi connectivity index (χ0) is 17.5. The van der Waals surface area contributed by atoms with E-state index in [0.29, 0.717) is 14.9 Å². The number of sulfone groups is 1. The van der Waals surface area contributed by atoms with Crippen molar-refractivity contribution < 1.29 is 8.42 Å². The number of rotatable bonds is 3. The summed E-state index contributed by atoms with van der Waals surface area (Å²) in [5, 5.41) is 1.12. The smallest absolute Gasteiger partial charge is 0.175 e. The molecule has 0 bridgehead atoms. The van der Waals surface area contributed by atoms with Gasteiger partial charge in [-0.3, -0.25) is 0 Å². The van der Waals surface area contributed by atoms with Gasteiger partial charge >= 0.3 is 0 Å². The van der Waals surface area contributed by atoms with Gasteiger partial charge in [-0.25, -0.2) is 8.42 Å². The summed E-state index contributed by atoms with van der Waals surface area (Å²) < 4.78 is 25.3. The summed E-state index contributed by atoms with van der Waals surface area (Å²) in [6.07, 6.45) is 1.20. The van der Waals surface area contributed by atoms with Crippen molar-refractivity contribution in [2.75, 3.05) is 6.26 Å². The minimum atomic E-state index is -3.21. The quantitative estimate of drug-likeness (QED) is 0.629. The largest absolute Gasteiger partial charge is 0.314 e. The number of hydrogen-bond acceptors (Lipinski definition) is 2. The first-order valence-corrected chi connectivity index (χ1v) is 9.86. The number of hydrogen-bond donors (Lipinski definition) is 0. The van der Waals surface area contributed by atoms with Gasteiger partial charge in [0.2, 0.25) is 0 Å². The fourth-order valence-corrected chi connectivity index (χ4v) is 3.79. The van der Waals surface area contributed by atoms with E-state index >= 15 is 0 Å². The van der Waals surface area contributed by atoms with Gasteiger partial charge in [0.1, 0.15) is 0 Å². The van der Waals surface area contributed by atoms with Crippen LogP contribution in [-0.2, 0) is 9.84 Å². The summed E-state index contributed by atoms with van der Waals surface area (Å²) >= 11 is 12.2. The lowest BCUT2D eigenvalue weighted by Crippen LogP contribution is -2.00. The Bertz CT molecular complexity index is 986. The molecule has 0 aliphatic heterocycles. The molecule has 3 nitrogen and oxygen atoms in total. The maximum absolute atomic E-state index is 11.6. The molecule has 0 N–H and O–H groups in total. The fourth-order valence-electron chi connectivity index (χ4n) is 2.65. The maximum Gasteiger partial charge on any atom is 0.175 e. The third-order valence-corrected chi connectivity index (χ3v) is 5.32. The van der Waals surface area contributed by atoms with E-state index in [1.54, 1.807) is 30.3 Å². The van der Waals surface area contributed by atoms with Crippen LogP contribution in [0.15, 0.2) is 59.5 Å². The highest BCUT2D eigenvalue weighted by Crippen LogP contribution is 2.30. The van der Waals surface area contributed by atoms with E-state index in [1.807, 2.05) is 35.8 Å². The highest BCUT2D eigenvalue weighted by Gasteiger charge is 2.12. The van der Waals surface area contributed by atoms with Crippen LogP contribution >= 0.6 is 23.2 Å². The predicted octanol–water partition coefficient (Wildman–Crippen LogP) is 5.16. The lowest BCUT2D eigenvalue weighted by Gasteiger charge is -2.13. The molecule has 3 rings (SSSR count). The summed E-state index contributed by atoms with van der Waals surface area (Å²) in [6, 6.07) is 16.2. The Hall–Kier alpha value is -1.75. The van der Waals surface area contributed by atoms with Gasteiger partial charge in [0.15, 0.2) is 9.84 Å². The van der Waals surface area contributed by atoms with Crippen LogP contribution in [0.2, 0.25) is 10.0 Å². The van der Waals surface area contributed by atoms with Crippen molar-refractivity contribution in [2.45, 2.75) is 11.8 Å². The van der Waals surface area contributed by atoms with Crippen molar-refractivity contribution in [1.82, 2.24) is 4.57 Å². The van der Waals surface area contributed by atoms with Crippen molar-refractivity contribution in [1.29, 1.82) is 0 Å². The third-order valence-electron chi connectivity index (χ3n) is 3.76. The SMILES string of the molecule is Cc1ccc(-c2ccc(S(C)(=O)=O)cc2)n1-c1cc(Cl)cc(Cl)c1. The normalized spacial score (nSPS) is 11.7. The molecular weight excluding hydrogens is 365 g/mol. The molecule has 3 aromatic rings. The Balaban J connectivity index is 2.14. The number of nitrogens with zero attached hydrogens (tertiary/aromatic N) is 1. The average molecular weight is 380 g/mol. The number of aryl methyl sites for hydroxylation is 1. The van der Waals surface area contributed by atoms with Gasteiger partial charge in [-0.05, 0) is 55.0 Å². The van der Waals surface area contributed by atoms with Crippen LogP contribution in [-0.4, -0.2) is 19.2 Å². The lowest BCUT2D eigenvalue weighted by atomic mass is 10.1. The monoisotopic (exact) mass is 379 g/mol. The van der Waals surface area contributed by atoms with E-state index in [-0.39, 0.29) is 0 Å². The van der Waals surface area contributed by atoms with Gasteiger partial charge in [0.05, 0.1) is 10.6 Å². The first kappa shape index (κ1) is 17.1. The fraction of sp³-hybridized carbons (Fsp3) is 0.111. The summed E-state index contributed by atoms with van der Waals surface area (Å²) in [5.41, 5.74) is 3.73. The molecule has 0 amide bonds. The molecule has 0 saturated carbocycles. The highest BCUT2D eigenvalue weighted by atomic mass is 35.5. The van der Waals surface area contributed by atoms with E-state index in [9.17, 15) is 8.42 Å². The first-order chi connectivity index (χ1) is 11.3. The van der Waals surface area contributed by atoms with Crippen LogP contribution in [0.25, 0.3) is 16.9 Å². The molecule has 0 aliphatic carbocycles. The second-order valence-electron chi connectivity index (χ2n) is 5.62. The van der Waals surface area contributed by atoms with E-state index in [0.717, 1.165) is 22.6 Å². The maximum atomic E-state index is 11.6. The molecule has 6 heteroatoms. The second kappa shape index (κ2) is 6.28. The molecule has 0 saturated heterocycles. The standard InChI is InChI=1S/C18H15Cl2NO2S/c1-12-3-8-18(13-4-6-17(7-5-13)24(2,22)23)21(12)16-10-14(19)9-15(20)11-16/h3-11H,1-2H3. The van der Waals surface area contributed by atoms with Crippen molar-refractivity contribution in [3.05, 3.63) is 70.3 Å². The van der Waals surface area contributed by atoms with Crippen molar-refractivity contribution >= 4 is 33.0 Å². The Morgan fingerprint density at radius 3 is 2.00 bits per heavy atom. The Morgan fingerprint density at radius 2 is 1.46 bits per heavy atom. The van der Waals surface area contributed by atoms with Crippen LogP contribution in [0, 0.1) is 6.92 Å². The van der Waals surface area contributed by atoms with E-state index in [2.05, 4.69) is 0 Å². The van der Waals surface area contributed by atoms with Crippen LogP contribution in [0.1, 0.15) is 5.69 Å². The van der Waals surface area contributed by atoms with Gasteiger partial charge in [0, 0.05) is 27.7 Å². The Kier molecular flexibility index (Phi) is 4.47. The summed E-state index contributed by atoms with van der Waals surface area (Å²) in [4.78, 5) is 0.298. The van der Waals surface area contributed by atoms with Crippen LogP contribution in [0.5, 0.6) is 0 Å². The zero-order valence-corrected chi connectivity index (χ0v) is 15.5. The number of aromatic nitrogens is 1. The molecule has 1 heterocycles. The number of benzene rings is 2. The van der Waals surface area contributed by atoms with Crippen LogP contribution in [0.4, 0.5) is 0 Å². The van der Waals surface area contributed by atoms with Crippen molar-refractivity contribution in [2.24, 2.45) is 0 Å². The van der Waals surface area contributed by atoms with Gasteiger partial charge in [-0.2, -0.15) is 0 Å². The van der Waals surface area contributed by atoms with Gasteiger partial charge < -0.3 is 4.57 Å². The Morgan fingerprint density at radius 1 is 0.875 bits per heavy atom. The van der Waals surface area contributed by atoms with E-state index in [1.165, 1.54) is 6.26 Å². The highest BCUT2D eigenvalue weighted by molar-refractivity contribution is 7.90. The third kappa shape index (κ3) is 3.36. The molecule has 0 spiro atoms. The van der Waals surface area contributed by atoms with Gasteiger partial charge in [0.25, 0.3) is 0 Å².